The fraction of sp³-hybridized carbons (Fsp3) is 0.438. The number of β-amino-alcohol motifs (C(OH)–C–C–N with tert-alkyl or cyclic N) is 1. The summed E-state index contributed by atoms with van der Waals surface area (Å²) < 4.78 is 3.02. The van der Waals surface area contributed by atoms with Crippen LogP contribution in [0.15, 0.2) is 34.9 Å². The Morgan fingerprint density at radius 3 is 2.68 bits per heavy atom. The molecule has 1 aromatic carbocycles. The third kappa shape index (κ3) is 3.34. The van der Waals surface area contributed by atoms with Crippen molar-refractivity contribution in [3.8, 4) is 0 Å². The molecule has 5 nitrogen and oxygen atoms in total. The minimum atomic E-state index is 0.154. The van der Waals surface area contributed by atoms with Crippen LogP contribution in [0, 0.1) is 0 Å². The van der Waals surface area contributed by atoms with E-state index in [9.17, 15) is 4.79 Å². The lowest BCUT2D eigenvalue weighted by Gasteiger charge is -2.34. The molecule has 0 aliphatic carbocycles. The maximum absolute atomic E-state index is 12.5. The summed E-state index contributed by atoms with van der Waals surface area (Å²) in [6, 6.07) is 8.14. The van der Waals surface area contributed by atoms with Gasteiger partial charge in [0.15, 0.2) is 0 Å². The molecule has 1 N–H and O–H groups in total. The number of amides is 1. The number of fused-ring (bicyclic) bond motifs is 1. The van der Waals surface area contributed by atoms with E-state index < -0.39 is 0 Å². The zero-order valence-electron chi connectivity index (χ0n) is 12.4. The number of piperazine rings is 1. The summed E-state index contributed by atoms with van der Waals surface area (Å²) in [5, 5.41) is 10.1. The molecule has 118 valence electrons. The zero-order valence-corrected chi connectivity index (χ0v) is 14.0. The maximum Gasteiger partial charge on any atom is 0.242 e. The molecule has 1 aromatic heterocycles. The predicted molar refractivity (Wildman–Crippen MR) is 89.7 cm³/mol. The molecule has 0 unspecified atom stereocenters. The van der Waals surface area contributed by atoms with Crippen LogP contribution in [0.1, 0.15) is 0 Å². The first-order valence-corrected chi connectivity index (χ1v) is 8.32. The van der Waals surface area contributed by atoms with Gasteiger partial charge in [-0.1, -0.05) is 22.0 Å². The second-order valence-corrected chi connectivity index (χ2v) is 6.51. The van der Waals surface area contributed by atoms with Gasteiger partial charge in [0.25, 0.3) is 0 Å². The number of aliphatic hydroxyl groups excluding tert-OH is 1. The fourth-order valence-electron chi connectivity index (χ4n) is 2.90. The molecule has 1 aliphatic rings. The van der Waals surface area contributed by atoms with Gasteiger partial charge in [-0.05, 0) is 23.6 Å². The van der Waals surface area contributed by atoms with E-state index in [-0.39, 0.29) is 12.5 Å². The van der Waals surface area contributed by atoms with Gasteiger partial charge in [-0.2, -0.15) is 0 Å². The standard InChI is InChI=1S/C16H20BrN3O2/c17-14-2-1-13-3-4-20(15(13)11-14)12-16(22)19-7-5-18(6-8-19)9-10-21/h1-4,11,21H,5-10,12H2. The van der Waals surface area contributed by atoms with Gasteiger partial charge in [-0.15, -0.1) is 0 Å². The molecule has 6 heteroatoms. The molecule has 2 aromatic rings. The number of hydrogen-bond acceptors (Lipinski definition) is 3. The Bertz CT molecular complexity index is 662. The lowest BCUT2D eigenvalue weighted by atomic mass is 10.2. The first-order valence-electron chi connectivity index (χ1n) is 7.53. The number of carbonyl (C=O) groups excluding carboxylic acids is 1. The zero-order chi connectivity index (χ0) is 15.5. The molecule has 1 amide bonds. The molecular weight excluding hydrogens is 346 g/mol. The van der Waals surface area contributed by atoms with Crippen molar-refractivity contribution < 1.29 is 9.90 Å². The van der Waals surface area contributed by atoms with Crippen molar-refractivity contribution in [1.29, 1.82) is 0 Å². The van der Waals surface area contributed by atoms with E-state index in [2.05, 4.69) is 20.8 Å². The Labute approximate surface area is 138 Å². The van der Waals surface area contributed by atoms with Gasteiger partial charge in [-0.3, -0.25) is 9.69 Å². The topological polar surface area (TPSA) is 48.7 Å². The number of aliphatic hydroxyl groups is 1. The van der Waals surface area contributed by atoms with Crippen molar-refractivity contribution in [3.63, 3.8) is 0 Å². The molecule has 2 heterocycles. The van der Waals surface area contributed by atoms with Gasteiger partial charge < -0.3 is 14.6 Å². The quantitative estimate of drug-likeness (QED) is 0.893. The third-order valence-corrected chi connectivity index (χ3v) is 4.68. The Morgan fingerprint density at radius 2 is 1.95 bits per heavy atom. The Hall–Kier alpha value is -1.37. The van der Waals surface area contributed by atoms with Crippen LogP contribution >= 0.6 is 15.9 Å². The number of nitrogens with zero attached hydrogens (tertiary/aromatic N) is 3. The van der Waals surface area contributed by atoms with Gasteiger partial charge >= 0.3 is 0 Å². The van der Waals surface area contributed by atoms with Crippen LogP contribution in [0.3, 0.4) is 0 Å². The molecule has 0 radical (unpaired) electrons. The first kappa shape index (κ1) is 15.5. The number of rotatable bonds is 4. The number of carbonyl (C=O) groups is 1. The normalized spacial score (nSPS) is 16.4. The molecule has 0 saturated carbocycles. The molecular formula is C16H20BrN3O2. The van der Waals surface area contributed by atoms with E-state index >= 15 is 0 Å². The SMILES string of the molecule is O=C(Cn1ccc2ccc(Br)cc21)N1CCN(CCO)CC1. The van der Waals surface area contributed by atoms with Crippen molar-refractivity contribution in [1.82, 2.24) is 14.4 Å². The van der Waals surface area contributed by atoms with Crippen LogP contribution in [-0.2, 0) is 11.3 Å². The average Bonchev–Trinajstić information content (AvgIpc) is 2.90. The van der Waals surface area contributed by atoms with Crippen molar-refractivity contribution >= 4 is 32.7 Å². The number of benzene rings is 1. The highest BCUT2D eigenvalue weighted by molar-refractivity contribution is 9.10. The number of aromatic nitrogens is 1. The summed E-state index contributed by atoms with van der Waals surface area (Å²) in [6.45, 7) is 4.40. The van der Waals surface area contributed by atoms with Crippen molar-refractivity contribution in [2.45, 2.75) is 6.54 Å². The third-order valence-electron chi connectivity index (χ3n) is 4.18. The van der Waals surface area contributed by atoms with E-state index in [0.717, 1.165) is 41.6 Å². The van der Waals surface area contributed by atoms with E-state index in [4.69, 9.17) is 5.11 Å². The van der Waals surface area contributed by atoms with Crippen molar-refractivity contribution in [2.75, 3.05) is 39.3 Å². The highest BCUT2D eigenvalue weighted by Gasteiger charge is 2.21. The Morgan fingerprint density at radius 1 is 1.18 bits per heavy atom. The van der Waals surface area contributed by atoms with Gasteiger partial charge in [0.1, 0.15) is 6.54 Å². The first-order chi connectivity index (χ1) is 10.7. The van der Waals surface area contributed by atoms with Gasteiger partial charge in [-0.25, -0.2) is 0 Å². The number of halogens is 1. The lowest BCUT2D eigenvalue weighted by Crippen LogP contribution is -2.50. The molecule has 1 saturated heterocycles. The predicted octanol–water partition coefficient (Wildman–Crippen LogP) is 1.54. The van der Waals surface area contributed by atoms with E-state index in [1.54, 1.807) is 0 Å². The highest BCUT2D eigenvalue weighted by atomic mass is 79.9. The molecule has 3 rings (SSSR count). The lowest BCUT2D eigenvalue weighted by molar-refractivity contribution is -0.133. The minimum Gasteiger partial charge on any atom is -0.395 e. The molecule has 1 aliphatic heterocycles. The second kappa shape index (κ2) is 6.81. The van der Waals surface area contributed by atoms with Crippen LogP contribution < -0.4 is 0 Å². The summed E-state index contributed by atoms with van der Waals surface area (Å²) in [4.78, 5) is 16.6. The average molecular weight is 366 g/mol. The summed E-state index contributed by atoms with van der Waals surface area (Å²) in [7, 11) is 0. The Balaban J connectivity index is 1.65. The van der Waals surface area contributed by atoms with Crippen LogP contribution in [0.25, 0.3) is 10.9 Å². The van der Waals surface area contributed by atoms with Gasteiger partial charge in [0.2, 0.25) is 5.91 Å². The fourth-order valence-corrected chi connectivity index (χ4v) is 3.25. The summed E-state index contributed by atoms with van der Waals surface area (Å²) >= 11 is 3.48. The van der Waals surface area contributed by atoms with Crippen LogP contribution in [-0.4, -0.2) is 64.7 Å². The van der Waals surface area contributed by atoms with Gasteiger partial charge in [0, 0.05) is 48.9 Å². The highest BCUT2D eigenvalue weighted by Crippen LogP contribution is 2.21. The van der Waals surface area contributed by atoms with Crippen molar-refractivity contribution in [2.24, 2.45) is 0 Å². The minimum absolute atomic E-state index is 0.154. The van der Waals surface area contributed by atoms with Crippen LogP contribution in [0.4, 0.5) is 0 Å². The molecule has 22 heavy (non-hydrogen) atoms. The number of hydrogen-bond donors (Lipinski definition) is 1. The van der Waals surface area contributed by atoms with Crippen LogP contribution in [0.5, 0.6) is 0 Å². The van der Waals surface area contributed by atoms with Crippen molar-refractivity contribution in [3.05, 3.63) is 34.9 Å². The Kier molecular flexibility index (Phi) is 4.81. The van der Waals surface area contributed by atoms with Gasteiger partial charge in [0.05, 0.1) is 6.61 Å². The summed E-state index contributed by atoms with van der Waals surface area (Å²) in [5.41, 5.74) is 1.07. The molecule has 0 atom stereocenters. The smallest absolute Gasteiger partial charge is 0.242 e. The largest absolute Gasteiger partial charge is 0.395 e. The molecule has 0 spiro atoms. The van der Waals surface area contributed by atoms with E-state index in [1.165, 1.54) is 0 Å². The monoisotopic (exact) mass is 365 g/mol. The summed E-state index contributed by atoms with van der Waals surface area (Å²) in [6.07, 6.45) is 1.97. The summed E-state index contributed by atoms with van der Waals surface area (Å²) in [5.74, 6) is 0.154. The molecule has 0 bridgehead atoms. The molecule has 1 fully saturated rings. The van der Waals surface area contributed by atoms with Crippen LogP contribution in [0.2, 0.25) is 0 Å². The second-order valence-electron chi connectivity index (χ2n) is 5.59. The van der Waals surface area contributed by atoms with E-state index in [0.29, 0.717) is 13.1 Å². The van der Waals surface area contributed by atoms with E-state index in [1.807, 2.05) is 39.9 Å². The maximum atomic E-state index is 12.5.